The van der Waals surface area contributed by atoms with Crippen molar-refractivity contribution >= 4 is 10.1 Å². The number of hydrogen-bond donors (Lipinski definition) is 0. The highest BCUT2D eigenvalue weighted by Gasteiger charge is 2.24. The van der Waals surface area contributed by atoms with Gasteiger partial charge in [-0.2, -0.15) is 8.42 Å². The minimum Gasteiger partial charge on any atom is -0.351 e. The second kappa shape index (κ2) is 2.86. The van der Waals surface area contributed by atoms with Crippen molar-refractivity contribution in [2.45, 2.75) is 19.6 Å². The molecule has 0 amide bonds. The molecule has 60 valence electrons. The Morgan fingerprint density at radius 1 is 1.70 bits per heavy atom. The molecule has 1 fully saturated rings. The van der Waals surface area contributed by atoms with Gasteiger partial charge in [0.25, 0.3) is 10.1 Å². The van der Waals surface area contributed by atoms with Crippen molar-refractivity contribution in [1.29, 1.82) is 0 Å². The third kappa shape index (κ3) is 1.93. The van der Waals surface area contributed by atoms with Crippen LogP contribution in [0.15, 0.2) is 0 Å². The van der Waals surface area contributed by atoms with Crippen molar-refractivity contribution < 1.29 is 17.3 Å². The van der Waals surface area contributed by atoms with Crippen molar-refractivity contribution in [2.24, 2.45) is 0 Å². The predicted octanol–water partition coefficient (Wildman–Crippen LogP) is 0.0991. The van der Waals surface area contributed by atoms with E-state index in [0.29, 0.717) is 13.0 Å². The van der Waals surface area contributed by atoms with Crippen molar-refractivity contribution in [3.8, 4) is 0 Å². The minimum absolute atomic E-state index is 0.00681. The molecular formula is C5H10O4S. The maximum Gasteiger partial charge on any atom is 0.269 e. The fourth-order valence-corrected chi connectivity index (χ4v) is 1.14. The molecule has 0 aromatic heterocycles. The molecule has 0 N–H and O–H groups in total. The van der Waals surface area contributed by atoms with Gasteiger partial charge in [-0.05, 0) is 6.92 Å². The molecule has 0 bridgehead atoms. The molecule has 1 saturated heterocycles. The molecule has 1 aliphatic rings. The SMILES string of the molecule is CCS(=O)(=O)OC1CCO1. The molecule has 0 aromatic carbocycles. The number of hydrogen-bond acceptors (Lipinski definition) is 4. The van der Waals surface area contributed by atoms with Gasteiger partial charge in [0.2, 0.25) is 0 Å². The van der Waals surface area contributed by atoms with Gasteiger partial charge in [0.15, 0.2) is 6.29 Å². The highest BCUT2D eigenvalue weighted by Crippen LogP contribution is 2.14. The second-order valence-corrected chi connectivity index (χ2v) is 3.92. The fourth-order valence-electron chi connectivity index (χ4n) is 0.522. The summed E-state index contributed by atoms with van der Waals surface area (Å²) in [4.78, 5) is 0. The molecule has 0 saturated carbocycles. The minimum atomic E-state index is -3.30. The Balaban J connectivity index is 2.36. The van der Waals surface area contributed by atoms with E-state index < -0.39 is 16.4 Å². The summed E-state index contributed by atoms with van der Waals surface area (Å²) in [6.45, 7) is 2.14. The maximum atomic E-state index is 10.7. The molecule has 4 nitrogen and oxygen atoms in total. The third-order valence-corrected chi connectivity index (χ3v) is 2.48. The van der Waals surface area contributed by atoms with Gasteiger partial charge in [-0.15, -0.1) is 0 Å². The van der Waals surface area contributed by atoms with E-state index in [-0.39, 0.29) is 5.75 Å². The standard InChI is InChI=1S/C5H10O4S/c1-2-10(6,7)9-5-3-4-8-5/h5H,2-4H2,1H3. The second-order valence-electron chi connectivity index (χ2n) is 2.03. The Morgan fingerprint density at radius 3 is 2.60 bits per heavy atom. The molecule has 0 aliphatic carbocycles. The normalized spacial score (nSPS) is 25.9. The van der Waals surface area contributed by atoms with E-state index in [4.69, 9.17) is 4.74 Å². The van der Waals surface area contributed by atoms with Gasteiger partial charge in [0, 0.05) is 6.42 Å². The summed E-state index contributed by atoms with van der Waals surface area (Å²) >= 11 is 0. The molecule has 1 rings (SSSR count). The molecule has 10 heavy (non-hydrogen) atoms. The zero-order valence-electron chi connectivity index (χ0n) is 5.74. The lowest BCUT2D eigenvalue weighted by atomic mass is 10.4. The van der Waals surface area contributed by atoms with E-state index in [1.807, 2.05) is 0 Å². The first-order valence-electron chi connectivity index (χ1n) is 3.16. The zero-order chi connectivity index (χ0) is 7.61. The van der Waals surface area contributed by atoms with Crippen LogP contribution in [0.2, 0.25) is 0 Å². The van der Waals surface area contributed by atoms with Crippen molar-refractivity contribution in [2.75, 3.05) is 12.4 Å². The number of ether oxygens (including phenoxy) is 1. The summed E-state index contributed by atoms with van der Waals surface area (Å²) in [7, 11) is -3.30. The highest BCUT2D eigenvalue weighted by molar-refractivity contribution is 7.86. The van der Waals surface area contributed by atoms with Crippen LogP contribution in [0, 0.1) is 0 Å². The van der Waals surface area contributed by atoms with Crippen LogP contribution in [-0.2, 0) is 19.0 Å². The van der Waals surface area contributed by atoms with Crippen LogP contribution in [0.5, 0.6) is 0 Å². The van der Waals surface area contributed by atoms with Gasteiger partial charge < -0.3 is 4.74 Å². The summed E-state index contributed by atoms with van der Waals surface area (Å²) in [6, 6.07) is 0. The summed E-state index contributed by atoms with van der Waals surface area (Å²) in [6.07, 6.45) is 0.170. The van der Waals surface area contributed by atoms with Gasteiger partial charge >= 0.3 is 0 Å². The summed E-state index contributed by atoms with van der Waals surface area (Å²) in [5.41, 5.74) is 0. The van der Waals surface area contributed by atoms with Crippen LogP contribution in [0.4, 0.5) is 0 Å². The van der Waals surface area contributed by atoms with Gasteiger partial charge in [-0.25, -0.2) is 4.18 Å². The zero-order valence-corrected chi connectivity index (χ0v) is 6.56. The molecule has 0 aromatic rings. The molecule has 0 spiro atoms. The summed E-state index contributed by atoms with van der Waals surface area (Å²) in [5, 5.41) is 0. The molecule has 1 heterocycles. The maximum absolute atomic E-state index is 10.7. The Morgan fingerprint density at radius 2 is 2.30 bits per heavy atom. The van der Waals surface area contributed by atoms with E-state index in [1.54, 1.807) is 0 Å². The van der Waals surface area contributed by atoms with E-state index in [1.165, 1.54) is 6.92 Å². The Hall–Kier alpha value is -0.130. The first kappa shape index (κ1) is 7.97. The summed E-state index contributed by atoms with van der Waals surface area (Å²) in [5.74, 6) is 0.00681. The molecule has 1 aliphatic heterocycles. The largest absolute Gasteiger partial charge is 0.351 e. The first-order valence-corrected chi connectivity index (χ1v) is 4.74. The quantitative estimate of drug-likeness (QED) is 0.558. The molecule has 1 atom stereocenters. The molecular weight excluding hydrogens is 156 g/mol. The van der Waals surface area contributed by atoms with E-state index in [0.717, 1.165) is 0 Å². The lowest BCUT2D eigenvalue weighted by Gasteiger charge is -2.24. The van der Waals surface area contributed by atoms with Crippen LogP contribution in [0.25, 0.3) is 0 Å². The van der Waals surface area contributed by atoms with E-state index >= 15 is 0 Å². The van der Waals surface area contributed by atoms with Crippen molar-refractivity contribution in [3.05, 3.63) is 0 Å². The first-order chi connectivity index (χ1) is 4.64. The van der Waals surface area contributed by atoms with Crippen LogP contribution in [0.1, 0.15) is 13.3 Å². The predicted molar refractivity (Wildman–Crippen MR) is 34.9 cm³/mol. The van der Waals surface area contributed by atoms with E-state index in [9.17, 15) is 8.42 Å². The average Bonchev–Trinajstić information content (AvgIpc) is 1.80. The summed E-state index contributed by atoms with van der Waals surface area (Å²) < 4.78 is 30.7. The van der Waals surface area contributed by atoms with Gasteiger partial charge in [-0.1, -0.05) is 0 Å². The van der Waals surface area contributed by atoms with Gasteiger partial charge in [0.05, 0.1) is 12.4 Å². The van der Waals surface area contributed by atoms with Crippen molar-refractivity contribution in [3.63, 3.8) is 0 Å². The van der Waals surface area contributed by atoms with Gasteiger partial charge in [-0.3, -0.25) is 0 Å². The lowest BCUT2D eigenvalue weighted by molar-refractivity contribution is -0.162. The van der Waals surface area contributed by atoms with Crippen LogP contribution in [-0.4, -0.2) is 27.1 Å². The molecule has 0 radical (unpaired) electrons. The molecule has 1 unspecified atom stereocenters. The Bertz CT molecular complexity index is 192. The van der Waals surface area contributed by atoms with Crippen LogP contribution >= 0.6 is 0 Å². The van der Waals surface area contributed by atoms with Crippen LogP contribution < -0.4 is 0 Å². The third-order valence-electron chi connectivity index (χ3n) is 1.26. The topological polar surface area (TPSA) is 52.6 Å². The average molecular weight is 166 g/mol. The van der Waals surface area contributed by atoms with Crippen molar-refractivity contribution in [1.82, 2.24) is 0 Å². The Kier molecular flexibility index (Phi) is 2.28. The lowest BCUT2D eigenvalue weighted by Crippen LogP contribution is -2.32. The molecule has 5 heteroatoms. The fraction of sp³-hybridized carbons (Fsp3) is 1.00. The highest BCUT2D eigenvalue weighted by atomic mass is 32.2. The Labute approximate surface area is 60.3 Å². The van der Waals surface area contributed by atoms with E-state index in [2.05, 4.69) is 4.18 Å². The van der Waals surface area contributed by atoms with Gasteiger partial charge in [0.1, 0.15) is 0 Å². The van der Waals surface area contributed by atoms with Crippen LogP contribution in [0.3, 0.4) is 0 Å². The number of rotatable bonds is 3. The smallest absolute Gasteiger partial charge is 0.269 e. The monoisotopic (exact) mass is 166 g/mol.